The monoisotopic (exact) mass is 1190 g/mol. The quantitative estimate of drug-likeness (QED) is 0.122. The van der Waals surface area contributed by atoms with E-state index < -0.39 is 0 Å². The van der Waals surface area contributed by atoms with Crippen molar-refractivity contribution in [3.05, 3.63) is 285 Å². The molecule has 18 aromatic rings. The molecule has 11 heteroatoms. The van der Waals surface area contributed by atoms with E-state index in [2.05, 4.69) is 152 Å². The third-order valence-electron chi connectivity index (χ3n) is 17.2. The molecular weight excluding hydrogens is 1150 g/mol. The summed E-state index contributed by atoms with van der Waals surface area (Å²) in [4.78, 5) is 46.9. The summed E-state index contributed by atoms with van der Waals surface area (Å²) in [6.45, 7) is 0. The number of aromatic nitrogens is 9. The van der Waals surface area contributed by atoms with Crippen molar-refractivity contribution in [3.63, 3.8) is 0 Å². The Morgan fingerprint density at radius 3 is 1.42 bits per heavy atom. The molecule has 0 N–H and O–H groups in total. The molecule has 428 valence electrons. The smallest absolute Gasteiger partial charge is 0.164 e. The molecule has 92 heavy (non-hydrogen) atoms. The van der Waals surface area contributed by atoms with Crippen molar-refractivity contribution in [3.8, 4) is 113 Å². The third kappa shape index (κ3) is 9.21. The first-order valence-electron chi connectivity index (χ1n) is 30.4. The number of hydrogen-bond donors (Lipinski definition) is 0. The molecule has 10 nitrogen and oxygen atoms in total. The molecule has 7 aromatic heterocycles. The lowest BCUT2D eigenvalue weighted by atomic mass is 9.93. The van der Waals surface area contributed by atoms with Crippen molar-refractivity contribution in [2.75, 3.05) is 0 Å². The van der Waals surface area contributed by atoms with Crippen LogP contribution >= 0.6 is 11.3 Å². The van der Waals surface area contributed by atoms with Crippen LogP contribution in [0.15, 0.2) is 290 Å². The standard InChI is InChI=1S/C81H47N9OS/c1-4-21-49(22-5-1)76-85-77(50-23-6-2-7-24-50)89-81(88-76)58-43-56(42-57(44-58)69-62-32-12-15-35-65(62)83-72-63-33-13-16-36-67(63)91-74(69)72)60-45-59(46-82-47-60)52-27-18-29-54(40-52)79-86-78(51-25-8-3-9-26-51)87-80(90-79)55-30-19-28-53(41-55)70-71-61-31-11-10-20-48(61)38-39-66(71)84-73-64-34-14-17-37-68(64)92-75(70)73/h1-47H. The second-order valence-electron chi connectivity index (χ2n) is 22.9. The highest BCUT2D eigenvalue weighted by Gasteiger charge is 2.24. The molecule has 11 aromatic carbocycles. The zero-order valence-electron chi connectivity index (χ0n) is 49.0. The van der Waals surface area contributed by atoms with Gasteiger partial charge in [0, 0.05) is 94.3 Å². The molecule has 0 fully saturated rings. The Hall–Kier alpha value is -12.3. The van der Waals surface area contributed by atoms with Crippen molar-refractivity contribution in [2.24, 2.45) is 0 Å². The summed E-state index contributed by atoms with van der Waals surface area (Å²) >= 11 is 1.79. The summed E-state index contributed by atoms with van der Waals surface area (Å²) < 4.78 is 9.16. The lowest BCUT2D eigenvalue weighted by Crippen LogP contribution is -2.01. The second-order valence-corrected chi connectivity index (χ2v) is 23.9. The SMILES string of the molecule is c1ccc(-c2nc(-c3ccccc3)nc(-c3cc(-c4cncc(-c5cccc(-c6nc(-c7ccccc7)nc(-c7cccc(-c8c9sc%10ccccc%10c9nc9ccc%10ccccc%10c89)c7)n6)c5)c4)cc(-c4c5ccccc5nc5c4oc4ccccc45)c3)n2)cc1. The van der Waals surface area contributed by atoms with E-state index in [4.69, 9.17) is 49.3 Å². The van der Waals surface area contributed by atoms with Gasteiger partial charge in [-0.25, -0.2) is 39.9 Å². The highest BCUT2D eigenvalue weighted by atomic mass is 32.1. The molecule has 7 heterocycles. The molecule has 0 spiro atoms. The normalized spacial score (nSPS) is 11.7. The van der Waals surface area contributed by atoms with Gasteiger partial charge in [-0.1, -0.05) is 206 Å². The minimum Gasteiger partial charge on any atom is -0.454 e. The number of rotatable bonds is 10. The Bertz CT molecular complexity index is 5920. The lowest BCUT2D eigenvalue weighted by molar-refractivity contribution is 0.670. The minimum absolute atomic E-state index is 0.517. The number of thiophene rings is 1. The number of hydrogen-bond acceptors (Lipinski definition) is 11. The summed E-state index contributed by atoms with van der Waals surface area (Å²) in [5.41, 5.74) is 17.8. The van der Waals surface area contributed by atoms with E-state index in [1.165, 1.54) is 4.70 Å². The lowest BCUT2D eigenvalue weighted by Gasteiger charge is -2.14. The van der Waals surface area contributed by atoms with E-state index in [1.807, 2.05) is 134 Å². The maximum Gasteiger partial charge on any atom is 0.164 e. The van der Waals surface area contributed by atoms with Gasteiger partial charge in [-0.3, -0.25) is 4.98 Å². The average molecular weight is 1190 g/mol. The average Bonchev–Trinajstić information content (AvgIpc) is 1.48. The van der Waals surface area contributed by atoms with Gasteiger partial charge < -0.3 is 4.42 Å². The van der Waals surface area contributed by atoms with Crippen LogP contribution in [0.25, 0.3) is 188 Å². The molecule has 0 saturated carbocycles. The van der Waals surface area contributed by atoms with Gasteiger partial charge in [0.25, 0.3) is 0 Å². The molecule has 0 unspecified atom stereocenters. The van der Waals surface area contributed by atoms with Gasteiger partial charge in [0.15, 0.2) is 40.5 Å². The van der Waals surface area contributed by atoms with Gasteiger partial charge in [-0.05, 0) is 99.8 Å². The summed E-state index contributed by atoms with van der Waals surface area (Å²) in [6, 6.07) is 93.7. The Kier molecular flexibility index (Phi) is 12.5. The van der Waals surface area contributed by atoms with Crippen LogP contribution in [0.4, 0.5) is 0 Å². The third-order valence-corrected chi connectivity index (χ3v) is 18.3. The molecule has 0 amide bonds. The Morgan fingerprint density at radius 1 is 0.272 bits per heavy atom. The number of furan rings is 1. The fourth-order valence-electron chi connectivity index (χ4n) is 12.8. The van der Waals surface area contributed by atoms with E-state index >= 15 is 0 Å². The fraction of sp³-hybridized carbons (Fsp3) is 0. The first-order valence-corrected chi connectivity index (χ1v) is 31.2. The van der Waals surface area contributed by atoms with E-state index in [9.17, 15) is 0 Å². The van der Waals surface area contributed by atoms with Crippen LogP contribution in [0.5, 0.6) is 0 Å². The first-order chi connectivity index (χ1) is 45.5. The number of para-hydroxylation sites is 2. The van der Waals surface area contributed by atoms with Crippen molar-refractivity contribution < 1.29 is 4.42 Å². The zero-order valence-corrected chi connectivity index (χ0v) is 49.8. The van der Waals surface area contributed by atoms with Gasteiger partial charge in [0.1, 0.15) is 11.1 Å². The minimum atomic E-state index is 0.517. The molecule has 0 aliphatic heterocycles. The predicted molar refractivity (Wildman–Crippen MR) is 374 cm³/mol. The summed E-state index contributed by atoms with van der Waals surface area (Å²) in [7, 11) is 0. The van der Waals surface area contributed by atoms with Gasteiger partial charge in [0.2, 0.25) is 0 Å². The molecular formula is C81H47N9OS. The Morgan fingerprint density at radius 2 is 0.739 bits per heavy atom. The molecule has 0 bridgehead atoms. The van der Waals surface area contributed by atoms with Gasteiger partial charge >= 0.3 is 0 Å². The molecule has 0 saturated heterocycles. The van der Waals surface area contributed by atoms with Crippen molar-refractivity contribution in [1.29, 1.82) is 0 Å². The summed E-state index contributed by atoms with van der Waals surface area (Å²) in [5.74, 6) is 3.31. The Balaban J connectivity index is 0.787. The zero-order chi connectivity index (χ0) is 60.6. The number of pyridine rings is 3. The first kappa shape index (κ1) is 52.8. The van der Waals surface area contributed by atoms with E-state index in [0.717, 1.165) is 143 Å². The number of benzene rings is 11. The summed E-state index contributed by atoms with van der Waals surface area (Å²) in [6.07, 6.45) is 3.82. The topological polar surface area (TPSA) is 129 Å². The van der Waals surface area contributed by atoms with Gasteiger partial charge in [-0.2, -0.15) is 0 Å². The number of fused-ring (bicyclic) bond motifs is 10. The molecule has 0 aliphatic carbocycles. The fourth-order valence-corrected chi connectivity index (χ4v) is 14.0. The molecule has 0 atom stereocenters. The maximum atomic E-state index is 6.82. The van der Waals surface area contributed by atoms with Crippen LogP contribution in [-0.4, -0.2) is 44.9 Å². The Labute approximate surface area is 530 Å². The van der Waals surface area contributed by atoms with Crippen LogP contribution in [0, 0.1) is 0 Å². The van der Waals surface area contributed by atoms with Crippen LogP contribution < -0.4 is 0 Å². The highest BCUT2D eigenvalue weighted by molar-refractivity contribution is 7.26. The molecule has 0 aliphatic rings. The van der Waals surface area contributed by atoms with E-state index in [-0.39, 0.29) is 0 Å². The maximum absolute atomic E-state index is 6.82. The second kappa shape index (κ2) is 21.8. The largest absolute Gasteiger partial charge is 0.454 e. The van der Waals surface area contributed by atoms with E-state index in [1.54, 1.807) is 11.3 Å². The van der Waals surface area contributed by atoms with Crippen LogP contribution in [0.3, 0.4) is 0 Å². The highest BCUT2D eigenvalue weighted by Crippen LogP contribution is 2.47. The van der Waals surface area contributed by atoms with Crippen LogP contribution in [-0.2, 0) is 0 Å². The van der Waals surface area contributed by atoms with E-state index in [0.29, 0.717) is 40.5 Å². The van der Waals surface area contributed by atoms with Gasteiger partial charge in [0.05, 0.1) is 21.3 Å². The molecule has 0 radical (unpaired) electrons. The van der Waals surface area contributed by atoms with Crippen LogP contribution in [0.2, 0.25) is 0 Å². The number of nitrogens with zero attached hydrogens (tertiary/aromatic N) is 9. The summed E-state index contributed by atoms with van der Waals surface area (Å²) in [5, 5.41) is 6.48. The van der Waals surface area contributed by atoms with Crippen molar-refractivity contribution in [1.82, 2.24) is 44.9 Å². The van der Waals surface area contributed by atoms with Crippen molar-refractivity contribution in [2.45, 2.75) is 0 Å². The van der Waals surface area contributed by atoms with Crippen molar-refractivity contribution >= 4 is 86.3 Å². The van der Waals surface area contributed by atoms with Gasteiger partial charge in [-0.15, -0.1) is 11.3 Å². The molecule has 18 rings (SSSR count). The van der Waals surface area contributed by atoms with Crippen LogP contribution in [0.1, 0.15) is 0 Å². The predicted octanol–water partition coefficient (Wildman–Crippen LogP) is 20.6.